The van der Waals surface area contributed by atoms with Gasteiger partial charge in [-0.2, -0.15) is 0 Å². The van der Waals surface area contributed by atoms with Crippen LogP contribution in [0, 0.1) is 25.7 Å². The molecule has 1 aromatic heterocycles. The lowest BCUT2D eigenvalue weighted by molar-refractivity contribution is -0.167. The quantitative estimate of drug-likeness (QED) is 0.0233. The van der Waals surface area contributed by atoms with Crippen molar-refractivity contribution in [2.75, 3.05) is 30.0 Å². The van der Waals surface area contributed by atoms with Crippen LogP contribution in [-0.2, 0) is 53.1 Å². The van der Waals surface area contributed by atoms with Crippen molar-refractivity contribution >= 4 is 64.6 Å². The SMILES string of the molecule is CCCCCCCCCCCCCCCC(=O)OCC(COC(=O)CCCCCCCCCCCCCCC)OC(=O)CC(C)CC(=O)Oc1cc(C)cc(C)c1C(C)(C)CC(=O)OC1CCC(N(CC(C)C)c2ccc([C@H](C)CC(=O)O)cc2Nc2cnc(Cl)cn2)CC1. The zero-order valence-corrected chi connectivity index (χ0v) is 61.0. The molecular weight excluding hydrogens is 1220 g/mol. The molecule has 95 heavy (non-hydrogen) atoms. The highest BCUT2D eigenvalue weighted by Gasteiger charge is 2.35. The number of halogens is 1. The van der Waals surface area contributed by atoms with Gasteiger partial charge in [-0.1, -0.05) is 233 Å². The minimum atomic E-state index is -1.01. The second-order valence-electron chi connectivity index (χ2n) is 28.6. The second-order valence-corrected chi connectivity index (χ2v) is 28.9. The number of hydrogen-bond acceptors (Lipinski definition) is 15. The lowest BCUT2D eigenvalue weighted by Gasteiger charge is -2.40. The van der Waals surface area contributed by atoms with Crippen LogP contribution in [0.1, 0.15) is 315 Å². The van der Waals surface area contributed by atoms with Crippen molar-refractivity contribution in [1.82, 2.24) is 9.97 Å². The Bertz CT molecular complexity index is 2670. The number of carboxylic acid groups (broad SMARTS) is 1. The van der Waals surface area contributed by atoms with Gasteiger partial charge in [-0.05, 0) is 105 Å². The molecule has 1 aliphatic rings. The van der Waals surface area contributed by atoms with Crippen molar-refractivity contribution in [3.8, 4) is 5.75 Å². The second kappa shape index (κ2) is 46.4. The highest BCUT2D eigenvalue weighted by atomic mass is 35.5. The van der Waals surface area contributed by atoms with Crippen LogP contribution in [0.4, 0.5) is 17.2 Å². The Balaban J connectivity index is 1.31. The van der Waals surface area contributed by atoms with E-state index in [1.54, 1.807) is 19.2 Å². The number of carboxylic acids is 1. The number of anilines is 3. The van der Waals surface area contributed by atoms with Crippen LogP contribution in [0.5, 0.6) is 5.75 Å². The smallest absolute Gasteiger partial charge is 0.311 e. The number of hydrogen-bond donors (Lipinski definition) is 2. The summed E-state index contributed by atoms with van der Waals surface area (Å²) in [7, 11) is 0. The van der Waals surface area contributed by atoms with Gasteiger partial charge in [0.05, 0.1) is 36.6 Å². The van der Waals surface area contributed by atoms with Gasteiger partial charge < -0.3 is 39.0 Å². The molecule has 0 saturated heterocycles. The van der Waals surface area contributed by atoms with Crippen molar-refractivity contribution in [3.05, 3.63) is 70.1 Å². The average Bonchev–Trinajstić information content (AvgIpc) is 0.801. The van der Waals surface area contributed by atoms with Crippen LogP contribution in [-0.4, -0.2) is 88.9 Å². The minimum absolute atomic E-state index is 0.0110. The molecule has 2 aromatic carbocycles. The molecule has 0 spiro atoms. The van der Waals surface area contributed by atoms with Crippen molar-refractivity contribution in [2.45, 2.75) is 330 Å². The summed E-state index contributed by atoms with van der Waals surface area (Å²) < 4.78 is 29.5. The third-order valence-electron chi connectivity index (χ3n) is 18.3. The molecule has 1 saturated carbocycles. The van der Waals surface area contributed by atoms with Crippen molar-refractivity contribution in [3.63, 3.8) is 0 Å². The van der Waals surface area contributed by atoms with Gasteiger partial charge in [0.25, 0.3) is 0 Å². The summed E-state index contributed by atoms with van der Waals surface area (Å²) in [6.45, 7) is 20.5. The lowest BCUT2D eigenvalue weighted by atomic mass is 9.78. The zero-order chi connectivity index (χ0) is 69.4. The average molecular weight is 1340 g/mol. The summed E-state index contributed by atoms with van der Waals surface area (Å²) in [6.07, 6.45) is 36.0. The molecule has 17 heteroatoms. The van der Waals surface area contributed by atoms with E-state index < -0.39 is 35.3 Å². The molecule has 2 N–H and O–H groups in total. The van der Waals surface area contributed by atoms with E-state index in [0.29, 0.717) is 48.7 Å². The maximum Gasteiger partial charge on any atom is 0.311 e. The van der Waals surface area contributed by atoms with Gasteiger partial charge in [0.2, 0.25) is 0 Å². The van der Waals surface area contributed by atoms with E-state index in [1.165, 1.54) is 122 Å². The third-order valence-corrected chi connectivity index (χ3v) is 18.5. The van der Waals surface area contributed by atoms with E-state index in [2.05, 4.69) is 53.9 Å². The number of aryl methyl sites for hydroxylation is 2. The summed E-state index contributed by atoms with van der Waals surface area (Å²) in [6, 6.07) is 9.97. The van der Waals surface area contributed by atoms with Crippen molar-refractivity contribution < 1.29 is 57.6 Å². The molecule has 1 heterocycles. The number of esters is 5. The molecule has 1 fully saturated rings. The molecule has 0 aliphatic heterocycles. The number of carbonyl (C=O) groups excluding carboxylic acids is 5. The maximum absolute atomic E-state index is 14.0. The number of rotatable bonds is 51. The van der Waals surface area contributed by atoms with Gasteiger partial charge in [-0.15, -0.1) is 0 Å². The lowest BCUT2D eigenvalue weighted by Crippen LogP contribution is -2.42. The van der Waals surface area contributed by atoms with E-state index in [0.717, 1.165) is 86.0 Å². The highest BCUT2D eigenvalue weighted by Crippen LogP contribution is 2.41. The molecule has 4 rings (SSSR count). The van der Waals surface area contributed by atoms with E-state index >= 15 is 0 Å². The molecule has 0 bridgehead atoms. The van der Waals surface area contributed by atoms with Crippen LogP contribution >= 0.6 is 11.6 Å². The van der Waals surface area contributed by atoms with E-state index in [4.69, 9.17) is 35.3 Å². The fourth-order valence-corrected chi connectivity index (χ4v) is 13.3. The van der Waals surface area contributed by atoms with Crippen LogP contribution in [0.3, 0.4) is 0 Å². The summed E-state index contributed by atoms with van der Waals surface area (Å²) >= 11 is 6.08. The molecule has 0 radical (unpaired) electrons. The normalized spacial score (nSPS) is 14.7. The van der Waals surface area contributed by atoms with E-state index in [-0.39, 0.29) is 92.9 Å². The van der Waals surface area contributed by atoms with Crippen LogP contribution < -0.4 is 15.0 Å². The number of benzene rings is 2. The van der Waals surface area contributed by atoms with Gasteiger partial charge in [0.1, 0.15) is 36.0 Å². The molecular formula is C78H123ClN4O12. The number of aliphatic carboxylic acids is 1. The Kier molecular flexibility index (Phi) is 39.9. The van der Waals surface area contributed by atoms with Crippen LogP contribution in [0.25, 0.3) is 0 Å². The topological polar surface area (TPSA) is 210 Å². The van der Waals surface area contributed by atoms with Gasteiger partial charge in [0.15, 0.2) is 6.10 Å². The van der Waals surface area contributed by atoms with Gasteiger partial charge in [-0.25, -0.2) is 9.97 Å². The van der Waals surface area contributed by atoms with Gasteiger partial charge in [-0.3, -0.25) is 28.8 Å². The molecule has 2 atom stereocenters. The molecule has 3 aromatic rings. The standard InChI is InChI=1S/C78H123ClN4O12/c1-11-13-15-17-19-21-23-25-27-29-31-33-35-37-72(86)91-55-65(56-92-73(87)38-36-34-32-30-28-26-24-22-20-18-16-14-12-2)94-74(88)47-59(6)48-75(89)95-68-46-58(5)45-61(8)77(68)78(9,10)51-76(90)93-64-42-40-63(41-43-64)83(54-57(3)4)67-44-39-62(60(7)49-71(84)85)50-66(67)82-70-53-80-69(79)52-81-70/h39,44-46,50,52-53,57,59-60,63-65H,11-38,40-43,47-49,51,54-56H2,1-10H3,(H,81,82)(H,84,85)/t59?,60-,63?,64?/m1/s1. The summed E-state index contributed by atoms with van der Waals surface area (Å²) in [4.78, 5) is 90.1. The predicted molar refractivity (Wildman–Crippen MR) is 382 cm³/mol. The Labute approximate surface area is 577 Å². The number of carbonyl (C=O) groups is 6. The molecule has 0 amide bonds. The first-order chi connectivity index (χ1) is 45.6. The van der Waals surface area contributed by atoms with Crippen LogP contribution in [0.2, 0.25) is 5.15 Å². The molecule has 1 aliphatic carbocycles. The van der Waals surface area contributed by atoms with Crippen LogP contribution in [0.15, 0.2) is 42.7 Å². The third kappa shape index (κ3) is 34.3. The van der Waals surface area contributed by atoms with E-state index in [9.17, 15) is 33.9 Å². The van der Waals surface area contributed by atoms with E-state index in [1.807, 2.05) is 52.8 Å². The monoisotopic (exact) mass is 1340 g/mol. The summed E-state index contributed by atoms with van der Waals surface area (Å²) in [5.41, 5.74) is 4.24. The van der Waals surface area contributed by atoms with Crippen molar-refractivity contribution in [1.29, 1.82) is 0 Å². The first-order valence-corrected chi connectivity index (χ1v) is 37.3. The Morgan fingerprint density at radius 1 is 0.621 bits per heavy atom. The van der Waals surface area contributed by atoms with Gasteiger partial charge >= 0.3 is 35.8 Å². The Hall–Kier alpha value is -5.77. The fraction of sp³-hybridized carbons (Fsp3) is 0.718. The summed E-state index contributed by atoms with van der Waals surface area (Å²) in [5.74, 6) is -2.74. The first-order valence-electron chi connectivity index (χ1n) is 37.0. The minimum Gasteiger partial charge on any atom is -0.481 e. The number of aromatic nitrogens is 2. The Morgan fingerprint density at radius 3 is 1.61 bits per heavy atom. The zero-order valence-electron chi connectivity index (χ0n) is 60.2. The molecule has 16 nitrogen and oxygen atoms in total. The summed E-state index contributed by atoms with van der Waals surface area (Å²) in [5, 5.41) is 13.3. The van der Waals surface area contributed by atoms with Gasteiger partial charge in [0, 0.05) is 49.2 Å². The number of ether oxygens (including phenoxy) is 5. The number of nitrogens with zero attached hydrogens (tertiary/aromatic N) is 3. The van der Waals surface area contributed by atoms with Crippen molar-refractivity contribution in [2.24, 2.45) is 11.8 Å². The fourth-order valence-electron chi connectivity index (χ4n) is 13.2. The Morgan fingerprint density at radius 2 is 1.13 bits per heavy atom. The highest BCUT2D eigenvalue weighted by molar-refractivity contribution is 6.29. The number of nitrogens with one attached hydrogen (secondary N) is 1. The largest absolute Gasteiger partial charge is 0.481 e. The predicted octanol–water partition coefficient (Wildman–Crippen LogP) is 20.0. The first kappa shape index (κ1) is 81.7. The molecule has 534 valence electrons. The maximum atomic E-state index is 14.0. The number of unbranched alkanes of at least 4 members (excludes halogenated alkanes) is 24. The molecule has 1 unspecified atom stereocenters.